The van der Waals surface area contributed by atoms with Crippen LogP contribution in [-0.4, -0.2) is 20.7 Å². The molecule has 0 radical (unpaired) electrons. The van der Waals surface area contributed by atoms with Crippen molar-refractivity contribution in [2.75, 3.05) is 5.32 Å². The lowest BCUT2D eigenvalue weighted by atomic mass is 10.2. The van der Waals surface area contributed by atoms with Gasteiger partial charge in [-0.15, -0.1) is 11.3 Å². The minimum Gasteiger partial charge on any atom is -0.298 e. The van der Waals surface area contributed by atoms with Gasteiger partial charge in [0, 0.05) is 23.6 Å². The van der Waals surface area contributed by atoms with Crippen molar-refractivity contribution in [3.63, 3.8) is 0 Å². The Morgan fingerprint density at radius 3 is 2.91 bits per heavy atom. The zero-order chi connectivity index (χ0) is 16.1. The maximum Gasteiger partial charge on any atom is 0.250 e. The van der Waals surface area contributed by atoms with E-state index in [4.69, 9.17) is 11.6 Å². The van der Waals surface area contributed by atoms with Gasteiger partial charge >= 0.3 is 0 Å². The van der Waals surface area contributed by atoms with Gasteiger partial charge in [0.05, 0.1) is 11.4 Å². The molecule has 5 nitrogen and oxygen atoms in total. The summed E-state index contributed by atoms with van der Waals surface area (Å²) in [5.41, 5.74) is 2.49. The second kappa shape index (κ2) is 7.56. The van der Waals surface area contributed by atoms with E-state index >= 15 is 0 Å². The Balaban J connectivity index is 2.06. The predicted octanol–water partition coefficient (Wildman–Crippen LogP) is 4.06. The minimum atomic E-state index is -0.230. The van der Waals surface area contributed by atoms with E-state index in [1.165, 1.54) is 17.4 Å². The third kappa shape index (κ3) is 4.18. The van der Waals surface area contributed by atoms with E-state index in [-0.39, 0.29) is 5.91 Å². The van der Waals surface area contributed by atoms with E-state index in [0.717, 1.165) is 36.3 Å². The van der Waals surface area contributed by atoms with E-state index in [1.54, 1.807) is 10.8 Å². The summed E-state index contributed by atoms with van der Waals surface area (Å²) in [6.07, 6.45) is 5.25. The van der Waals surface area contributed by atoms with Crippen molar-refractivity contribution in [1.29, 1.82) is 0 Å². The number of amides is 1. The summed E-state index contributed by atoms with van der Waals surface area (Å²) in [5, 5.41) is 10.2. The Bertz CT molecular complexity index is 690. The second-order valence-corrected chi connectivity index (χ2v) is 6.20. The summed E-state index contributed by atoms with van der Waals surface area (Å²) < 4.78 is 1.78. The van der Waals surface area contributed by atoms with Crippen molar-refractivity contribution in [1.82, 2.24) is 14.8 Å². The SMILES string of the molecule is CCCCn1nc(C)c(/C=C/C(=O)Nc2nc(C)cs2)c1Cl. The van der Waals surface area contributed by atoms with Crippen LogP contribution in [0.4, 0.5) is 5.13 Å². The molecule has 7 heteroatoms. The number of unbranched alkanes of at least 4 members (excludes halogenated alkanes) is 1. The predicted molar refractivity (Wildman–Crippen MR) is 91.4 cm³/mol. The molecule has 0 aliphatic heterocycles. The van der Waals surface area contributed by atoms with Gasteiger partial charge in [0.1, 0.15) is 5.15 Å². The van der Waals surface area contributed by atoms with Crippen LogP contribution in [0, 0.1) is 13.8 Å². The molecule has 2 aromatic rings. The molecule has 0 saturated heterocycles. The Morgan fingerprint density at radius 2 is 2.27 bits per heavy atom. The van der Waals surface area contributed by atoms with Crippen LogP contribution in [0.2, 0.25) is 5.15 Å². The van der Waals surface area contributed by atoms with Crippen LogP contribution >= 0.6 is 22.9 Å². The van der Waals surface area contributed by atoms with E-state index < -0.39 is 0 Å². The first-order chi connectivity index (χ1) is 10.5. The summed E-state index contributed by atoms with van der Waals surface area (Å²) in [6.45, 7) is 6.68. The van der Waals surface area contributed by atoms with Crippen LogP contribution in [0.15, 0.2) is 11.5 Å². The minimum absolute atomic E-state index is 0.230. The van der Waals surface area contributed by atoms with Crippen LogP contribution in [-0.2, 0) is 11.3 Å². The number of nitrogens with zero attached hydrogens (tertiary/aromatic N) is 3. The number of nitrogens with one attached hydrogen (secondary N) is 1. The van der Waals surface area contributed by atoms with E-state index in [9.17, 15) is 4.79 Å². The standard InChI is InChI=1S/C15H19ClN4OS/c1-4-5-8-20-14(16)12(11(3)19-20)6-7-13(21)18-15-17-10(2)9-22-15/h6-7,9H,4-5,8H2,1-3H3,(H,17,18,21)/b7-6+. The Kier molecular flexibility index (Phi) is 5.74. The van der Waals surface area contributed by atoms with Crippen LogP contribution in [0.25, 0.3) is 6.08 Å². The normalized spacial score (nSPS) is 11.3. The molecule has 0 aliphatic carbocycles. The topological polar surface area (TPSA) is 59.8 Å². The maximum absolute atomic E-state index is 11.9. The zero-order valence-corrected chi connectivity index (χ0v) is 14.5. The molecule has 2 aromatic heterocycles. The van der Waals surface area contributed by atoms with Crippen molar-refractivity contribution in [3.8, 4) is 0 Å². The van der Waals surface area contributed by atoms with Gasteiger partial charge in [-0.05, 0) is 26.3 Å². The molecule has 0 unspecified atom stereocenters. The molecule has 0 bridgehead atoms. The van der Waals surface area contributed by atoms with Gasteiger partial charge in [0.25, 0.3) is 0 Å². The van der Waals surface area contributed by atoms with Crippen molar-refractivity contribution in [2.45, 2.75) is 40.2 Å². The number of carbonyl (C=O) groups excluding carboxylic acids is 1. The fourth-order valence-corrected chi connectivity index (χ4v) is 2.94. The molecular formula is C15H19ClN4OS. The first kappa shape index (κ1) is 16.7. The summed E-state index contributed by atoms with van der Waals surface area (Å²) in [5.74, 6) is -0.230. The smallest absolute Gasteiger partial charge is 0.250 e. The first-order valence-electron chi connectivity index (χ1n) is 7.15. The molecule has 22 heavy (non-hydrogen) atoms. The molecule has 0 aromatic carbocycles. The van der Waals surface area contributed by atoms with Crippen LogP contribution in [0.3, 0.4) is 0 Å². The van der Waals surface area contributed by atoms with Crippen LogP contribution in [0.5, 0.6) is 0 Å². The molecule has 2 rings (SSSR count). The summed E-state index contributed by atoms with van der Waals surface area (Å²) in [6, 6.07) is 0. The number of hydrogen-bond acceptors (Lipinski definition) is 4. The maximum atomic E-state index is 11.9. The average Bonchev–Trinajstić information content (AvgIpc) is 2.99. The second-order valence-electron chi connectivity index (χ2n) is 4.98. The summed E-state index contributed by atoms with van der Waals surface area (Å²) >= 11 is 7.72. The fraction of sp³-hybridized carbons (Fsp3) is 0.400. The summed E-state index contributed by atoms with van der Waals surface area (Å²) in [7, 11) is 0. The van der Waals surface area contributed by atoms with Crippen molar-refractivity contribution < 1.29 is 4.79 Å². The highest BCUT2D eigenvalue weighted by molar-refractivity contribution is 7.13. The Morgan fingerprint density at radius 1 is 1.50 bits per heavy atom. The third-order valence-corrected chi connectivity index (χ3v) is 4.36. The first-order valence-corrected chi connectivity index (χ1v) is 8.41. The highest BCUT2D eigenvalue weighted by Gasteiger charge is 2.11. The number of aromatic nitrogens is 3. The molecular weight excluding hydrogens is 320 g/mol. The Hall–Kier alpha value is -1.66. The Labute approximate surface area is 139 Å². The van der Waals surface area contributed by atoms with E-state index in [1.807, 2.05) is 19.2 Å². The molecule has 1 N–H and O–H groups in total. The number of aryl methyl sites for hydroxylation is 3. The number of hydrogen-bond donors (Lipinski definition) is 1. The van der Waals surface area contributed by atoms with Crippen LogP contribution < -0.4 is 5.32 Å². The monoisotopic (exact) mass is 338 g/mol. The molecule has 0 fully saturated rings. The lowest BCUT2D eigenvalue weighted by molar-refractivity contribution is -0.111. The van der Waals surface area contributed by atoms with Gasteiger partial charge in [0.2, 0.25) is 5.91 Å². The number of halogens is 1. The molecule has 0 atom stereocenters. The lowest BCUT2D eigenvalue weighted by Gasteiger charge is -2.00. The van der Waals surface area contributed by atoms with Crippen molar-refractivity contribution in [3.05, 3.63) is 33.6 Å². The third-order valence-electron chi connectivity index (χ3n) is 3.08. The summed E-state index contributed by atoms with van der Waals surface area (Å²) in [4.78, 5) is 16.1. The van der Waals surface area contributed by atoms with Crippen molar-refractivity contribution in [2.24, 2.45) is 0 Å². The van der Waals surface area contributed by atoms with Gasteiger partial charge in [-0.3, -0.25) is 14.8 Å². The number of rotatable bonds is 6. The number of anilines is 1. The van der Waals surface area contributed by atoms with Gasteiger partial charge in [0.15, 0.2) is 5.13 Å². The van der Waals surface area contributed by atoms with Gasteiger partial charge in [-0.25, -0.2) is 4.98 Å². The van der Waals surface area contributed by atoms with E-state index in [2.05, 4.69) is 22.3 Å². The molecule has 118 valence electrons. The van der Waals surface area contributed by atoms with Crippen LogP contribution in [0.1, 0.15) is 36.7 Å². The lowest BCUT2D eigenvalue weighted by Crippen LogP contribution is -2.07. The molecule has 1 amide bonds. The quantitative estimate of drug-likeness (QED) is 0.808. The van der Waals surface area contributed by atoms with Gasteiger partial charge in [-0.1, -0.05) is 24.9 Å². The highest BCUT2D eigenvalue weighted by Crippen LogP contribution is 2.22. The number of carbonyl (C=O) groups is 1. The largest absolute Gasteiger partial charge is 0.298 e. The van der Waals surface area contributed by atoms with Gasteiger partial charge in [-0.2, -0.15) is 5.10 Å². The fourth-order valence-electron chi connectivity index (χ4n) is 1.93. The molecule has 0 aliphatic rings. The van der Waals surface area contributed by atoms with Gasteiger partial charge < -0.3 is 0 Å². The van der Waals surface area contributed by atoms with Crippen molar-refractivity contribution >= 4 is 40.1 Å². The average molecular weight is 339 g/mol. The van der Waals surface area contributed by atoms with E-state index in [0.29, 0.717) is 10.3 Å². The highest BCUT2D eigenvalue weighted by atomic mass is 35.5. The number of thiazole rings is 1. The zero-order valence-electron chi connectivity index (χ0n) is 12.9. The molecule has 0 saturated carbocycles. The molecule has 0 spiro atoms. The molecule has 2 heterocycles.